The van der Waals surface area contributed by atoms with E-state index >= 15 is 0 Å². The van der Waals surface area contributed by atoms with Crippen molar-refractivity contribution in [3.8, 4) is 11.5 Å². The van der Waals surface area contributed by atoms with Gasteiger partial charge in [0.25, 0.3) is 0 Å². The van der Waals surface area contributed by atoms with Gasteiger partial charge in [0.2, 0.25) is 0 Å². The SMILES string of the molecule is Cc1ccc(Oc2ccc(Br)cc2CN)c(Br)c1. The number of ether oxygens (including phenoxy) is 1. The number of aryl methyl sites for hydroxylation is 1. The van der Waals surface area contributed by atoms with Gasteiger partial charge in [-0.2, -0.15) is 0 Å². The zero-order valence-electron chi connectivity index (χ0n) is 9.91. The average Bonchev–Trinajstić information content (AvgIpc) is 2.34. The summed E-state index contributed by atoms with van der Waals surface area (Å²) in [5.41, 5.74) is 7.88. The maximum absolute atomic E-state index is 5.89. The second kappa shape index (κ2) is 5.87. The van der Waals surface area contributed by atoms with Gasteiger partial charge in [0.15, 0.2) is 0 Å². The molecule has 2 aromatic rings. The molecule has 2 nitrogen and oxygen atoms in total. The number of nitrogens with two attached hydrogens (primary N) is 1. The molecule has 0 aliphatic heterocycles. The molecule has 0 aliphatic rings. The molecule has 0 aromatic heterocycles. The van der Waals surface area contributed by atoms with Crippen LogP contribution in [0, 0.1) is 6.92 Å². The fourth-order valence-corrected chi connectivity index (χ4v) is 2.60. The minimum Gasteiger partial charge on any atom is -0.456 e. The summed E-state index contributed by atoms with van der Waals surface area (Å²) in [7, 11) is 0. The number of halogens is 2. The van der Waals surface area contributed by atoms with Gasteiger partial charge in [-0.3, -0.25) is 0 Å². The lowest BCUT2D eigenvalue weighted by atomic mass is 10.2. The van der Waals surface area contributed by atoms with Crippen LogP contribution >= 0.6 is 31.9 Å². The van der Waals surface area contributed by atoms with Gasteiger partial charge in [-0.05, 0) is 58.7 Å². The summed E-state index contributed by atoms with van der Waals surface area (Å²) in [6, 6.07) is 11.8. The van der Waals surface area contributed by atoms with Crippen molar-refractivity contribution in [1.82, 2.24) is 0 Å². The van der Waals surface area contributed by atoms with Crippen molar-refractivity contribution in [1.29, 1.82) is 0 Å². The number of hydrogen-bond acceptors (Lipinski definition) is 2. The van der Waals surface area contributed by atoms with Crippen LogP contribution in [0.2, 0.25) is 0 Å². The summed E-state index contributed by atoms with van der Waals surface area (Å²) in [4.78, 5) is 0. The molecule has 94 valence electrons. The van der Waals surface area contributed by atoms with E-state index in [2.05, 4.69) is 31.9 Å². The second-order valence-electron chi connectivity index (χ2n) is 3.99. The first-order valence-corrected chi connectivity index (χ1v) is 7.11. The molecule has 2 aromatic carbocycles. The van der Waals surface area contributed by atoms with Crippen LogP contribution in [-0.2, 0) is 6.54 Å². The Morgan fingerprint density at radius 3 is 2.44 bits per heavy atom. The molecule has 0 fully saturated rings. The molecule has 0 heterocycles. The molecule has 0 unspecified atom stereocenters. The molecule has 0 saturated carbocycles. The molecule has 0 saturated heterocycles. The Hall–Kier alpha value is -0.840. The van der Waals surface area contributed by atoms with Gasteiger partial charge in [0.1, 0.15) is 11.5 Å². The fourth-order valence-electron chi connectivity index (χ4n) is 1.61. The Balaban J connectivity index is 2.33. The maximum atomic E-state index is 5.89. The molecule has 0 spiro atoms. The molecule has 2 N–H and O–H groups in total. The molecule has 0 bridgehead atoms. The Labute approximate surface area is 123 Å². The quantitative estimate of drug-likeness (QED) is 0.844. The van der Waals surface area contributed by atoms with Crippen LogP contribution in [0.1, 0.15) is 11.1 Å². The Morgan fingerprint density at radius 2 is 1.78 bits per heavy atom. The van der Waals surface area contributed by atoms with E-state index in [1.54, 1.807) is 0 Å². The van der Waals surface area contributed by atoms with Gasteiger partial charge < -0.3 is 10.5 Å². The van der Waals surface area contributed by atoms with Crippen LogP contribution in [0.4, 0.5) is 0 Å². The van der Waals surface area contributed by atoms with Crippen LogP contribution in [0.3, 0.4) is 0 Å². The van der Waals surface area contributed by atoms with Gasteiger partial charge >= 0.3 is 0 Å². The highest BCUT2D eigenvalue weighted by Gasteiger charge is 2.07. The van der Waals surface area contributed by atoms with Crippen molar-refractivity contribution in [3.05, 3.63) is 56.5 Å². The predicted molar refractivity (Wildman–Crippen MR) is 81.0 cm³/mol. The minimum atomic E-state index is 0.443. The van der Waals surface area contributed by atoms with E-state index in [1.807, 2.05) is 43.3 Å². The number of benzene rings is 2. The third kappa shape index (κ3) is 3.13. The van der Waals surface area contributed by atoms with E-state index in [4.69, 9.17) is 10.5 Å². The number of rotatable bonds is 3. The van der Waals surface area contributed by atoms with Gasteiger partial charge in [0, 0.05) is 16.6 Å². The summed E-state index contributed by atoms with van der Waals surface area (Å²) in [5.74, 6) is 1.57. The van der Waals surface area contributed by atoms with Crippen LogP contribution < -0.4 is 10.5 Å². The fraction of sp³-hybridized carbons (Fsp3) is 0.143. The van der Waals surface area contributed by atoms with E-state index in [0.29, 0.717) is 6.54 Å². The summed E-state index contributed by atoms with van der Waals surface area (Å²) < 4.78 is 7.83. The highest BCUT2D eigenvalue weighted by Crippen LogP contribution is 2.33. The molecule has 4 heteroatoms. The maximum Gasteiger partial charge on any atom is 0.141 e. The van der Waals surface area contributed by atoms with Gasteiger partial charge in [-0.1, -0.05) is 22.0 Å². The predicted octanol–water partition coefficient (Wildman–Crippen LogP) is 4.77. The molecule has 0 radical (unpaired) electrons. The van der Waals surface area contributed by atoms with E-state index < -0.39 is 0 Å². The molecular weight excluding hydrogens is 358 g/mol. The smallest absolute Gasteiger partial charge is 0.141 e. The summed E-state index contributed by atoms with van der Waals surface area (Å²) in [6.45, 7) is 2.48. The summed E-state index contributed by atoms with van der Waals surface area (Å²) in [6.07, 6.45) is 0. The van der Waals surface area contributed by atoms with E-state index in [1.165, 1.54) is 5.56 Å². The standard InChI is InChI=1S/C14H13Br2NO/c1-9-2-4-14(12(16)6-9)18-13-5-3-11(15)7-10(13)8-17/h2-7H,8,17H2,1H3. The van der Waals surface area contributed by atoms with Crippen LogP contribution in [0.15, 0.2) is 45.3 Å². The zero-order chi connectivity index (χ0) is 13.1. The van der Waals surface area contributed by atoms with Crippen molar-refractivity contribution in [2.24, 2.45) is 5.73 Å². The van der Waals surface area contributed by atoms with Gasteiger partial charge in [-0.15, -0.1) is 0 Å². The molecular formula is C14H13Br2NO. The molecule has 0 amide bonds. The lowest BCUT2D eigenvalue weighted by molar-refractivity contribution is 0.473. The monoisotopic (exact) mass is 369 g/mol. The van der Waals surface area contributed by atoms with Crippen molar-refractivity contribution in [2.75, 3.05) is 0 Å². The summed E-state index contributed by atoms with van der Waals surface area (Å²) in [5, 5.41) is 0. The first-order chi connectivity index (χ1) is 8.60. The van der Waals surface area contributed by atoms with Crippen molar-refractivity contribution in [2.45, 2.75) is 13.5 Å². The summed E-state index contributed by atoms with van der Waals surface area (Å²) >= 11 is 6.93. The molecule has 2 rings (SSSR count). The Morgan fingerprint density at radius 1 is 1.06 bits per heavy atom. The third-order valence-corrected chi connectivity index (χ3v) is 3.66. The first-order valence-electron chi connectivity index (χ1n) is 5.52. The Bertz CT molecular complexity index is 570. The van der Waals surface area contributed by atoms with E-state index in [-0.39, 0.29) is 0 Å². The topological polar surface area (TPSA) is 35.2 Å². The normalized spacial score (nSPS) is 10.4. The van der Waals surface area contributed by atoms with Gasteiger partial charge in [0.05, 0.1) is 4.47 Å². The molecule has 18 heavy (non-hydrogen) atoms. The van der Waals surface area contributed by atoms with E-state index in [0.717, 1.165) is 26.0 Å². The molecule has 0 aliphatic carbocycles. The average molecular weight is 371 g/mol. The minimum absolute atomic E-state index is 0.443. The van der Waals surface area contributed by atoms with Crippen molar-refractivity contribution >= 4 is 31.9 Å². The first kappa shape index (κ1) is 13.6. The van der Waals surface area contributed by atoms with Crippen LogP contribution in [0.5, 0.6) is 11.5 Å². The van der Waals surface area contributed by atoms with Crippen LogP contribution in [0.25, 0.3) is 0 Å². The third-order valence-electron chi connectivity index (χ3n) is 2.55. The highest BCUT2D eigenvalue weighted by molar-refractivity contribution is 9.10. The second-order valence-corrected chi connectivity index (χ2v) is 5.76. The largest absolute Gasteiger partial charge is 0.456 e. The molecule has 0 atom stereocenters. The van der Waals surface area contributed by atoms with Crippen LogP contribution in [-0.4, -0.2) is 0 Å². The lowest BCUT2D eigenvalue weighted by Gasteiger charge is -2.12. The zero-order valence-corrected chi connectivity index (χ0v) is 13.1. The van der Waals surface area contributed by atoms with Crippen molar-refractivity contribution < 1.29 is 4.74 Å². The lowest BCUT2D eigenvalue weighted by Crippen LogP contribution is -1.99. The Kier molecular flexibility index (Phi) is 4.43. The van der Waals surface area contributed by atoms with E-state index in [9.17, 15) is 0 Å². The van der Waals surface area contributed by atoms with Gasteiger partial charge in [-0.25, -0.2) is 0 Å². The van der Waals surface area contributed by atoms with Crippen molar-refractivity contribution in [3.63, 3.8) is 0 Å². The highest BCUT2D eigenvalue weighted by atomic mass is 79.9. The number of hydrogen-bond donors (Lipinski definition) is 1.